The monoisotopic (exact) mass is 415 g/mol. The van der Waals surface area contributed by atoms with Crippen LogP contribution in [0.2, 0.25) is 0 Å². The summed E-state index contributed by atoms with van der Waals surface area (Å²) < 4.78 is 0.906. The zero-order valence-corrected chi connectivity index (χ0v) is 17.6. The second kappa shape index (κ2) is 7.75. The number of nitrogens with one attached hydrogen (secondary N) is 1. The van der Waals surface area contributed by atoms with E-state index in [0.717, 1.165) is 10.9 Å². The molecule has 0 aliphatic rings. The summed E-state index contributed by atoms with van der Waals surface area (Å²) >= 11 is 3.37. The number of ketones is 1. The molecule has 0 aliphatic heterocycles. The lowest BCUT2D eigenvalue weighted by Gasteiger charge is -2.33. The van der Waals surface area contributed by atoms with Gasteiger partial charge in [-0.3, -0.25) is 9.59 Å². The number of carbonyl (C=O) groups excluding carboxylic acids is 2. The second-order valence-corrected chi connectivity index (χ2v) is 9.37. The zero-order chi connectivity index (χ0) is 19.5. The molecule has 2 aromatic carbocycles. The van der Waals surface area contributed by atoms with Crippen molar-refractivity contribution in [3.05, 3.63) is 69.7 Å². The lowest BCUT2D eigenvalue weighted by Crippen LogP contribution is -2.46. The van der Waals surface area contributed by atoms with Crippen LogP contribution in [0.15, 0.2) is 53.0 Å². The van der Waals surface area contributed by atoms with Crippen LogP contribution in [0.5, 0.6) is 0 Å². The molecular weight excluding hydrogens is 390 g/mol. The molecular formula is C22H26BrNO2. The standard InChI is InChI=1S/C22H26BrNO2/c1-21(2,3)14-22(4,5)24-20(26)18-9-7-6-8-17(18)19(25)15-10-12-16(23)13-11-15/h6-13H,14H2,1-5H3,(H,24,26). The van der Waals surface area contributed by atoms with Gasteiger partial charge in [-0.25, -0.2) is 0 Å². The fourth-order valence-corrected chi connectivity index (χ4v) is 3.64. The highest BCUT2D eigenvalue weighted by atomic mass is 79.9. The molecule has 1 amide bonds. The zero-order valence-electron chi connectivity index (χ0n) is 16.0. The largest absolute Gasteiger partial charge is 0.347 e. The van der Waals surface area contributed by atoms with Gasteiger partial charge in [0, 0.05) is 21.1 Å². The van der Waals surface area contributed by atoms with E-state index in [-0.39, 0.29) is 22.6 Å². The Hall–Kier alpha value is -1.94. The molecule has 0 bridgehead atoms. The van der Waals surface area contributed by atoms with Crippen molar-refractivity contribution in [1.82, 2.24) is 5.32 Å². The normalized spacial score (nSPS) is 11.9. The topological polar surface area (TPSA) is 46.2 Å². The van der Waals surface area contributed by atoms with E-state index in [0.29, 0.717) is 16.7 Å². The molecule has 0 radical (unpaired) electrons. The highest BCUT2D eigenvalue weighted by Crippen LogP contribution is 2.27. The number of rotatable bonds is 5. The lowest BCUT2D eigenvalue weighted by molar-refractivity contribution is 0.0883. The average molecular weight is 416 g/mol. The minimum absolute atomic E-state index is 0.0868. The van der Waals surface area contributed by atoms with E-state index in [1.807, 2.05) is 26.0 Å². The molecule has 0 heterocycles. The van der Waals surface area contributed by atoms with Crippen molar-refractivity contribution in [2.24, 2.45) is 5.41 Å². The van der Waals surface area contributed by atoms with Gasteiger partial charge in [-0.15, -0.1) is 0 Å². The molecule has 0 saturated carbocycles. The van der Waals surface area contributed by atoms with Gasteiger partial charge in [0.2, 0.25) is 0 Å². The fourth-order valence-electron chi connectivity index (χ4n) is 3.38. The van der Waals surface area contributed by atoms with E-state index < -0.39 is 0 Å². The van der Waals surface area contributed by atoms with E-state index in [4.69, 9.17) is 0 Å². The number of benzene rings is 2. The van der Waals surface area contributed by atoms with Gasteiger partial charge in [-0.05, 0) is 56.0 Å². The summed E-state index contributed by atoms with van der Waals surface area (Å²) in [6.45, 7) is 10.5. The van der Waals surface area contributed by atoms with Crippen molar-refractivity contribution in [1.29, 1.82) is 0 Å². The van der Waals surface area contributed by atoms with Crippen LogP contribution in [0.25, 0.3) is 0 Å². The number of halogens is 1. The molecule has 4 heteroatoms. The Labute approximate surface area is 164 Å². The molecule has 1 N–H and O–H groups in total. The maximum Gasteiger partial charge on any atom is 0.252 e. The van der Waals surface area contributed by atoms with Crippen LogP contribution < -0.4 is 5.32 Å². The third kappa shape index (κ3) is 5.53. The van der Waals surface area contributed by atoms with Gasteiger partial charge in [-0.1, -0.05) is 54.9 Å². The first-order valence-electron chi connectivity index (χ1n) is 8.70. The van der Waals surface area contributed by atoms with Crippen LogP contribution in [0.4, 0.5) is 0 Å². The molecule has 0 fully saturated rings. The SMILES string of the molecule is CC(C)(C)CC(C)(C)NC(=O)c1ccccc1C(=O)c1ccc(Br)cc1. The molecule has 0 saturated heterocycles. The maximum atomic E-state index is 12.9. The Morgan fingerprint density at radius 1 is 0.885 bits per heavy atom. The molecule has 0 atom stereocenters. The molecule has 26 heavy (non-hydrogen) atoms. The summed E-state index contributed by atoms with van der Waals surface area (Å²) in [7, 11) is 0. The van der Waals surface area contributed by atoms with Crippen molar-refractivity contribution >= 4 is 27.6 Å². The van der Waals surface area contributed by atoms with E-state index >= 15 is 0 Å². The van der Waals surface area contributed by atoms with Crippen molar-refractivity contribution in [2.45, 2.75) is 46.6 Å². The summed E-state index contributed by atoms with van der Waals surface area (Å²) in [4.78, 5) is 25.8. The Morgan fingerprint density at radius 2 is 1.42 bits per heavy atom. The predicted molar refractivity (Wildman–Crippen MR) is 110 cm³/mol. The minimum Gasteiger partial charge on any atom is -0.347 e. The lowest BCUT2D eigenvalue weighted by atomic mass is 9.81. The van der Waals surface area contributed by atoms with Gasteiger partial charge in [0.15, 0.2) is 5.78 Å². The first kappa shape index (κ1) is 20.4. The first-order valence-corrected chi connectivity index (χ1v) is 9.50. The minimum atomic E-state index is -0.372. The molecule has 0 aliphatic carbocycles. The van der Waals surface area contributed by atoms with Crippen molar-refractivity contribution in [3.63, 3.8) is 0 Å². The molecule has 2 rings (SSSR count). The van der Waals surface area contributed by atoms with Crippen LogP contribution in [0.3, 0.4) is 0 Å². The van der Waals surface area contributed by atoms with Gasteiger partial charge in [0.1, 0.15) is 0 Å². The second-order valence-electron chi connectivity index (χ2n) is 8.46. The Morgan fingerprint density at radius 3 is 1.96 bits per heavy atom. The van der Waals surface area contributed by atoms with Crippen molar-refractivity contribution in [2.75, 3.05) is 0 Å². The number of hydrogen-bond acceptors (Lipinski definition) is 2. The van der Waals surface area contributed by atoms with Gasteiger partial charge in [0.05, 0.1) is 5.56 Å². The summed E-state index contributed by atoms with van der Waals surface area (Å²) in [6.07, 6.45) is 0.828. The predicted octanol–water partition coefficient (Wildman–Crippen LogP) is 5.62. The first-order chi connectivity index (χ1) is 12.0. The van der Waals surface area contributed by atoms with Gasteiger partial charge >= 0.3 is 0 Å². The molecule has 0 unspecified atom stereocenters. The smallest absolute Gasteiger partial charge is 0.252 e. The molecule has 3 nitrogen and oxygen atoms in total. The molecule has 138 valence electrons. The van der Waals surface area contributed by atoms with E-state index in [1.165, 1.54) is 0 Å². The van der Waals surface area contributed by atoms with Crippen LogP contribution in [0, 0.1) is 5.41 Å². The van der Waals surface area contributed by atoms with Crippen molar-refractivity contribution in [3.8, 4) is 0 Å². The Balaban J connectivity index is 2.29. The Bertz CT molecular complexity index is 802. The fraction of sp³-hybridized carbons (Fsp3) is 0.364. The third-order valence-electron chi connectivity index (χ3n) is 3.95. The number of amides is 1. The van der Waals surface area contributed by atoms with Crippen LogP contribution in [-0.4, -0.2) is 17.2 Å². The Kier molecular flexibility index (Phi) is 6.07. The van der Waals surface area contributed by atoms with Crippen LogP contribution in [-0.2, 0) is 0 Å². The number of hydrogen-bond donors (Lipinski definition) is 1. The molecule has 0 spiro atoms. The maximum absolute atomic E-state index is 12.9. The van der Waals surface area contributed by atoms with Gasteiger partial charge < -0.3 is 5.32 Å². The van der Waals surface area contributed by atoms with Crippen molar-refractivity contribution < 1.29 is 9.59 Å². The van der Waals surface area contributed by atoms with E-state index in [2.05, 4.69) is 42.0 Å². The summed E-state index contributed by atoms with van der Waals surface area (Å²) in [5, 5.41) is 3.09. The number of carbonyl (C=O) groups is 2. The van der Waals surface area contributed by atoms with E-state index in [1.54, 1.807) is 36.4 Å². The molecule has 0 aromatic heterocycles. The quantitative estimate of drug-likeness (QED) is 0.643. The van der Waals surface area contributed by atoms with Gasteiger partial charge in [-0.2, -0.15) is 0 Å². The summed E-state index contributed by atoms with van der Waals surface area (Å²) in [6, 6.07) is 14.1. The van der Waals surface area contributed by atoms with Gasteiger partial charge in [0.25, 0.3) is 5.91 Å². The highest BCUT2D eigenvalue weighted by molar-refractivity contribution is 9.10. The third-order valence-corrected chi connectivity index (χ3v) is 4.48. The van der Waals surface area contributed by atoms with E-state index in [9.17, 15) is 9.59 Å². The molecule has 2 aromatic rings. The van der Waals surface area contributed by atoms with Crippen LogP contribution in [0.1, 0.15) is 67.3 Å². The summed E-state index contributed by atoms with van der Waals surface area (Å²) in [5.74, 6) is -0.378. The highest BCUT2D eigenvalue weighted by Gasteiger charge is 2.28. The average Bonchev–Trinajstić information content (AvgIpc) is 2.52. The van der Waals surface area contributed by atoms with Crippen LogP contribution >= 0.6 is 15.9 Å². The summed E-state index contributed by atoms with van der Waals surface area (Å²) in [5.41, 5.74) is 1.09.